The van der Waals surface area contributed by atoms with Crippen LogP contribution in [0.5, 0.6) is 0 Å². The Hall–Kier alpha value is -4.55. The summed E-state index contributed by atoms with van der Waals surface area (Å²) in [7, 11) is 0. The van der Waals surface area contributed by atoms with Gasteiger partial charge < -0.3 is 42.1 Å². The van der Waals surface area contributed by atoms with E-state index in [0.717, 1.165) is 0 Å². The van der Waals surface area contributed by atoms with Gasteiger partial charge >= 0.3 is 11.9 Å². The van der Waals surface area contributed by atoms with Gasteiger partial charge in [0.2, 0.25) is 6.41 Å². The number of amides is 3. The van der Waals surface area contributed by atoms with Crippen molar-refractivity contribution in [2.75, 3.05) is 18.4 Å². The fourth-order valence-electron chi connectivity index (χ4n) is 3.37. The van der Waals surface area contributed by atoms with E-state index in [2.05, 4.69) is 27.8 Å². The second kappa shape index (κ2) is 12.1. The minimum absolute atomic E-state index is 0.0536. The molecule has 8 N–H and O–H groups in total. The predicted octanol–water partition coefficient (Wildman–Crippen LogP) is -0.646. The van der Waals surface area contributed by atoms with Crippen molar-refractivity contribution in [3.8, 4) is 0 Å². The molecule has 0 fully saturated rings. The standard InChI is InChI=1S/C22H28N6O7/c1-12-19(21(33)26-13(2)23)28(11-29)16(9-24-12)10-25-15-5-3-14(4-6-15)20(32)27-17(22(34)35)7-8-18(30)31/h3-6,11,16-17,24-25H,2,7-10,23H2,1H3,(H,26,33)(H,27,32)(H,30,31)(H,34,35). The van der Waals surface area contributed by atoms with Crippen molar-refractivity contribution in [2.45, 2.75) is 31.8 Å². The number of allylic oxidation sites excluding steroid dienone is 1. The molecule has 1 aromatic carbocycles. The molecule has 35 heavy (non-hydrogen) atoms. The summed E-state index contributed by atoms with van der Waals surface area (Å²) in [5.41, 5.74) is 6.85. The molecule has 1 aliphatic heterocycles. The van der Waals surface area contributed by atoms with Crippen LogP contribution in [0.2, 0.25) is 0 Å². The maximum Gasteiger partial charge on any atom is 0.326 e. The number of nitrogens with two attached hydrogens (primary N) is 1. The molecule has 0 aliphatic carbocycles. The van der Waals surface area contributed by atoms with Gasteiger partial charge in [0.1, 0.15) is 11.7 Å². The van der Waals surface area contributed by atoms with Crippen molar-refractivity contribution < 1.29 is 34.2 Å². The number of benzene rings is 1. The van der Waals surface area contributed by atoms with Crippen LogP contribution in [0.1, 0.15) is 30.1 Å². The molecule has 0 radical (unpaired) electrons. The molecular weight excluding hydrogens is 460 g/mol. The molecule has 1 heterocycles. The number of carboxylic acid groups (broad SMARTS) is 2. The first-order valence-electron chi connectivity index (χ1n) is 10.6. The molecule has 0 bridgehead atoms. The minimum atomic E-state index is -1.33. The van der Waals surface area contributed by atoms with Crippen molar-refractivity contribution in [3.05, 3.63) is 53.6 Å². The van der Waals surface area contributed by atoms with Gasteiger partial charge in [0, 0.05) is 36.5 Å². The lowest BCUT2D eigenvalue weighted by molar-refractivity contribution is -0.140. The van der Waals surface area contributed by atoms with Gasteiger partial charge in [-0.1, -0.05) is 6.58 Å². The Labute approximate surface area is 201 Å². The van der Waals surface area contributed by atoms with E-state index in [4.69, 9.17) is 10.8 Å². The smallest absolute Gasteiger partial charge is 0.326 e. The van der Waals surface area contributed by atoms with Gasteiger partial charge in [-0.05, 0) is 37.6 Å². The van der Waals surface area contributed by atoms with Gasteiger partial charge in [0.05, 0.1) is 11.9 Å². The molecule has 3 amide bonds. The molecule has 1 aliphatic rings. The number of carbonyl (C=O) groups excluding carboxylic acids is 3. The van der Waals surface area contributed by atoms with Crippen LogP contribution in [0.3, 0.4) is 0 Å². The van der Waals surface area contributed by atoms with Crippen LogP contribution < -0.4 is 27.0 Å². The van der Waals surface area contributed by atoms with E-state index < -0.39 is 42.3 Å². The second-order valence-corrected chi connectivity index (χ2v) is 7.76. The van der Waals surface area contributed by atoms with E-state index in [-0.39, 0.29) is 30.0 Å². The number of hydrogen-bond acceptors (Lipinski definition) is 8. The number of carbonyl (C=O) groups is 5. The molecule has 2 atom stereocenters. The van der Waals surface area contributed by atoms with Crippen LogP contribution in [0.4, 0.5) is 5.69 Å². The number of rotatable bonds is 12. The van der Waals surface area contributed by atoms with E-state index in [9.17, 15) is 29.1 Å². The molecule has 0 aromatic heterocycles. The first-order chi connectivity index (χ1) is 16.5. The molecule has 0 spiro atoms. The van der Waals surface area contributed by atoms with E-state index >= 15 is 0 Å². The van der Waals surface area contributed by atoms with Gasteiger partial charge in [-0.2, -0.15) is 0 Å². The molecule has 2 unspecified atom stereocenters. The van der Waals surface area contributed by atoms with Crippen molar-refractivity contribution >= 4 is 35.9 Å². The summed E-state index contributed by atoms with van der Waals surface area (Å²) in [6.45, 7) is 5.73. The summed E-state index contributed by atoms with van der Waals surface area (Å²) >= 11 is 0. The van der Waals surface area contributed by atoms with Crippen LogP contribution in [0, 0.1) is 0 Å². The van der Waals surface area contributed by atoms with Crippen LogP contribution >= 0.6 is 0 Å². The maximum atomic E-state index is 12.4. The van der Waals surface area contributed by atoms with E-state index in [1.54, 1.807) is 19.1 Å². The van der Waals surface area contributed by atoms with Crippen LogP contribution in [-0.2, 0) is 19.2 Å². The van der Waals surface area contributed by atoms with Gasteiger partial charge in [0.15, 0.2) is 0 Å². The average molecular weight is 489 g/mol. The first kappa shape index (κ1) is 26.7. The normalized spacial score (nSPS) is 15.9. The predicted molar refractivity (Wildman–Crippen MR) is 125 cm³/mol. The van der Waals surface area contributed by atoms with E-state index in [1.165, 1.54) is 17.0 Å². The zero-order valence-corrected chi connectivity index (χ0v) is 19.0. The Morgan fingerprint density at radius 2 is 1.89 bits per heavy atom. The molecule has 13 heteroatoms. The van der Waals surface area contributed by atoms with E-state index in [0.29, 0.717) is 24.3 Å². The van der Waals surface area contributed by atoms with Crippen LogP contribution in [0.15, 0.2) is 48.1 Å². The van der Waals surface area contributed by atoms with Gasteiger partial charge in [-0.15, -0.1) is 0 Å². The van der Waals surface area contributed by atoms with Crippen molar-refractivity contribution in [1.29, 1.82) is 0 Å². The Balaban J connectivity index is 2.01. The number of anilines is 1. The summed E-state index contributed by atoms with van der Waals surface area (Å²) in [6.07, 6.45) is -0.0828. The molecular formula is C22H28N6O7. The lowest BCUT2D eigenvalue weighted by atomic mass is 10.1. The number of aliphatic carboxylic acids is 2. The number of nitrogens with zero attached hydrogens (tertiary/aromatic N) is 1. The molecule has 13 nitrogen and oxygen atoms in total. The summed E-state index contributed by atoms with van der Waals surface area (Å²) in [5.74, 6) is -3.77. The fraction of sp³-hybridized carbons (Fsp3) is 0.318. The summed E-state index contributed by atoms with van der Waals surface area (Å²) in [4.78, 5) is 59.8. The quantitative estimate of drug-likeness (QED) is 0.185. The first-order valence-corrected chi connectivity index (χ1v) is 10.6. The van der Waals surface area contributed by atoms with E-state index in [1.807, 2.05) is 0 Å². The fourth-order valence-corrected chi connectivity index (χ4v) is 3.37. The number of carboxylic acids is 2. The van der Waals surface area contributed by atoms with Gasteiger partial charge in [0.25, 0.3) is 11.8 Å². The lowest BCUT2D eigenvalue weighted by Gasteiger charge is -2.36. The summed E-state index contributed by atoms with van der Waals surface area (Å²) in [5, 5.41) is 28.8. The third-order valence-corrected chi connectivity index (χ3v) is 5.15. The maximum absolute atomic E-state index is 12.4. The van der Waals surface area contributed by atoms with Gasteiger partial charge in [-0.3, -0.25) is 19.2 Å². The lowest BCUT2D eigenvalue weighted by Crippen LogP contribution is -2.53. The Morgan fingerprint density at radius 1 is 1.23 bits per heavy atom. The highest BCUT2D eigenvalue weighted by atomic mass is 16.4. The summed E-state index contributed by atoms with van der Waals surface area (Å²) in [6, 6.07) is 4.38. The second-order valence-electron chi connectivity index (χ2n) is 7.76. The Kier molecular flexibility index (Phi) is 9.20. The SMILES string of the molecule is C=C(N)NC(=O)C1=C(C)NCC(CNc2ccc(C(=O)NC(CCC(=O)O)C(=O)O)cc2)N1C=O. The average Bonchev–Trinajstić information content (AvgIpc) is 2.79. The highest BCUT2D eigenvalue weighted by molar-refractivity contribution is 5.97. The summed E-state index contributed by atoms with van der Waals surface area (Å²) < 4.78 is 0. The topological polar surface area (TPSA) is 203 Å². The molecule has 0 saturated carbocycles. The third kappa shape index (κ3) is 7.48. The van der Waals surface area contributed by atoms with Crippen LogP contribution in [0.25, 0.3) is 0 Å². The van der Waals surface area contributed by atoms with Gasteiger partial charge in [-0.25, -0.2) is 4.79 Å². The van der Waals surface area contributed by atoms with Crippen LogP contribution in [-0.4, -0.2) is 70.4 Å². The highest BCUT2D eigenvalue weighted by Gasteiger charge is 2.31. The monoisotopic (exact) mass is 488 g/mol. The van der Waals surface area contributed by atoms with Crippen molar-refractivity contribution in [3.63, 3.8) is 0 Å². The van der Waals surface area contributed by atoms with Crippen molar-refractivity contribution in [1.82, 2.24) is 20.9 Å². The number of hydrogen-bond donors (Lipinski definition) is 7. The third-order valence-electron chi connectivity index (χ3n) is 5.15. The Bertz CT molecular complexity index is 1040. The highest BCUT2D eigenvalue weighted by Crippen LogP contribution is 2.18. The minimum Gasteiger partial charge on any atom is -0.481 e. The zero-order valence-electron chi connectivity index (χ0n) is 19.0. The molecule has 188 valence electrons. The number of nitrogens with one attached hydrogen (secondary N) is 4. The Morgan fingerprint density at radius 3 is 2.43 bits per heavy atom. The van der Waals surface area contributed by atoms with Crippen molar-refractivity contribution in [2.24, 2.45) is 5.73 Å². The molecule has 2 rings (SSSR count). The molecule has 1 aromatic rings. The zero-order chi connectivity index (χ0) is 26.1. The molecule has 0 saturated heterocycles. The largest absolute Gasteiger partial charge is 0.481 e.